The summed E-state index contributed by atoms with van der Waals surface area (Å²) >= 11 is 0. The minimum absolute atomic E-state index is 0. The summed E-state index contributed by atoms with van der Waals surface area (Å²) < 4.78 is 5.47. The van der Waals surface area contributed by atoms with Crippen LogP contribution in [-0.2, 0) is 17.8 Å². The summed E-state index contributed by atoms with van der Waals surface area (Å²) in [4.78, 5) is 9.75. The number of hydrogen-bond acceptors (Lipinski definition) is 4. The Hall–Kier alpha value is -0.900. The molecule has 2 rings (SSSR count). The lowest BCUT2D eigenvalue weighted by molar-refractivity contribution is 0.0341. The molecular formula is C22H40IN5O. The molecule has 0 radical (unpaired) electrons. The van der Waals surface area contributed by atoms with E-state index in [0.717, 1.165) is 65.0 Å². The second-order valence-electron chi connectivity index (χ2n) is 7.50. The maximum atomic E-state index is 5.47. The van der Waals surface area contributed by atoms with Gasteiger partial charge >= 0.3 is 0 Å². The van der Waals surface area contributed by atoms with Crippen molar-refractivity contribution < 1.29 is 4.74 Å². The van der Waals surface area contributed by atoms with Crippen LogP contribution < -0.4 is 10.6 Å². The van der Waals surface area contributed by atoms with Gasteiger partial charge in [-0.25, -0.2) is 4.99 Å². The average molecular weight is 518 g/mol. The van der Waals surface area contributed by atoms with Gasteiger partial charge in [0.2, 0.25) is 0 Å². The quantitative estimate of drug-likeness (QED) is 0.284. The third-order valence-electron chi connectivity index (χ3n) is 5.20. The molecule has 0 amide bonds. The molecule has 0 unspecified atom stereocenters. The number of nitrogens with one attached hydrogen (secondary N) is 2. The molecule has 29 heavy (non-hydrogen) atoms. The Kier molecular flexibility index (Phi) is 13.5. The molecule has 1 aromatic rings. The van der Waals surface area contributed by atoms with Gasteiger partial charge < -0.3 is 15.4 Å². The Morgan fingerprint density at radius 1 is 1.14 bits per heavy atom. The van der Waals surface area contributed by atoms with E-state index in [9.17, 15) is 0 Å². The molecule has 1 fully saturated rings. The van der Waals surface area contributed by atoms with Crippen molar-refractivity contribution in [3.63, 3.8) is 0 Å². The molecule has 1 heterocycles. The van der Waals surface area contributed by atoms with E-state index in [-0.39, 0.29) is 24.0 Å². The van der Waals surface area contributed by atoms with Gasteiger partial charge in [0.25, 0.3) is 0 Å². The van der Waals surface area contributed by atoms with Crippen LogP contribution in [0.25, 0.3) is 0 Å². The van der Waals surface area contributed by atoms with Crippen LogP contribution in [0.3, 0.4) is 0 Å². The highest BCUT2D eigenvalue weighted by Gasteiger charge is 2.12. The Labute approximate surface area is 194 Å². The highest BCUT2D eigenvalue weighted by molar-refractivity contribution is 14.0. The SMILES string of the molecule is CCNC(=NCc1ccccc1CN1CCOCC1)NCCN(CC)C(C)C.I. The van der Waals surface area contributed by atoms with Gasteiger partial charge in [-0.1, -0.05) is 31.2 Å². The molecule has 0 aliphatic carbocycles. The van der Waals surface area contributed by atoms with Gasteiger partial charge in [-0.15, -0.1) is 24.0 Å². The van der Waals surface area contributed by atoms with E-state index in [1.807, 2.05) is 0 Å². The zero-order valence-electron chi connectivity index (χ0n) is 18.6. The van der Waals surface area contributed by atoms with Gasteiger partial charge in [-0.3, -0.25) is 9.80 Å². The number of guanidine groups is 1. The molecule has 6 nitrogen and oxygen atoms in total. The van der Waals surface area contributed by atoms with Crippen LogP contribution in [-0.4, -0.2) is 74.3 Å². The smallest absolute Gasteiger partial charge is 0.191 e. The van der Waals surface area contributed by atoms with Crippen LogP contribution in [0.1, 0.15) is 38.8 Å². The van der Waals surface area contributed by atoms with Crippen molar-refractivity contribution in [3.8, 4) is 0 Å². The first kappa shape index (κ1) is 26.1. The largest absolute Gasteiger partial charge is 0.379 e. The zero-order valence-corrected chi connectivity index (χ0v) is 20.9. The monoisotopic (exact) mass is 517 g/mol. The van der Waals surface area contributed by atoms with Crippen molar-refractivity contribution in [2.24, 2.45) is 4.99 Å². The summed E-state index contributed by atoms with van der Waals surface area (Å²) in [5.74, 6) is 0.892. The van der Waals surface area contributed by atoms with E-state index in [0.29, 0.717) is 12.6 Å². The normalized spacial score (nSPS) is 15.4. The van der Waals surface area contributed by atoms with Crippen molar-refractivity contribution >= 4 is 29.9 Å². The highest BCUT2D eigenvalue weighted by Crippen LogP contribution is 2.14. The van der Waals surface area contributed by atoms with Crippen LogP contribution in [0.15, 0.2) is 29.3 Å². The third kappa shape index (κ3) is 9.63. The van der Waals surface area contributed by atoms with E-state index in [1.54, 1.807) is 0 Å². The fourth-order valence-electron chi connectivity index (χ4n) is 3.47. The minimum atomic E-state index is 0. The van der Waals surface area contributed by atoms with Gasteiger partial charge in [0.05, 0.1) is 19.8 Å². The van der Waals surface area contributed by atoms with Gasteiger partial charge in [0, 0.05) is 45.3 Å². The lowest BCUT2D eigenvalue weighted by atomic mass is 10.1. The summed E-state index contributed by atoms with van der Waals surface area (Å²) in [6.45, 7) is 18.0. The van der Waals surface area contributed by atoms with Gasteiger partial charge in [0.1, 0.15) is 0 Å². The first-order chi connectivity index (χ1) is 13.6. The van der Waals surface area contributed by atoms with Crippen molar-refractivity contribution in [3.05, 3.63) is 35.4 Å². The summed E-state index contributed by atoms with van der Waals surface area (Å²) in [7, 11) is 0. The Morgan fingerprint density at radius 2 is 1.83 bits per heavy atom. The highest BCUT2D eigenvalue weighted by atomic mass is 127. The lowest BCUT2D eigenvalue weighted by Gasteiger charge is -2.27. The minimum Gasteiger partial charge on any atom is -0.379 e. The molecule has 1 aliphatic rings. The van der Waals surface area contributed by atoms with Crippen molar-refractivity contribution in [1.29, 1.82) is 0 Å². The number of hydrogen-bond donors (Lipinski definition) is 2. The topological polar surface area (TPSA) is 52.1 Å². The summed E-state index contributed by atoms with van der Waals surface area (Å²) in [6, 6.07) is 9.22. The van der Waals surface area contributed by atoms with Crippen LogP contribution >= 0.6 is 24.0 Å². The van der Waals surface area contributed by atoms with Crippen molar-refractivity contribution in [2.45, 2.75) is 46.8 Å². The molecule has 166 valence electrons. The van der Waals surface area contributed by atoms with Gasteiger partial charge in [-0.2, -0.15) is 0 Å². The van der Waals surface area contributed by atoms with E-state index in [1.165, 1.54) is 11.1 Å². The molecule has 7 heteroatoms. The molecular weight excluding hydrogens is 477 g/mol. The van der Waals surface area contributed by atoms with Crippen LogP contribution in [0.5, 0.6) is 0 Å². The third-order valence-corrected chi connectivity index (χ3v) is 5.20. The maximum absolute atomic E-state index is 5.47. The second-order valence-corrected chi connectivity index (χ2v) is 7.50. The number of aliphatic imine (C=N–C) groups is 1. The van der Waals surface area contributed by atoms with E-state index >= 15 is 0 Å². The summed E-state index contributed by atoms with van der Waals surface area (Å²) in [6.07, 6.45) is 0. The van der Waals surface area contributed by atoms with E-state index in [4.69, 9.17) is 9.73 Å². The van der Waals surface area contributed by atoms with E-state index < -0.39 is 0 Å². The molecule has 0 saturated carbocycles. The average Bonchev–Trinajstić information content (AvgIpc) is 2.70. The van der Waals surface area contributed by atoms with Crippen LogP contribution in [0.4, 0.5) is 0 Å². The summed E-state index contributed by atoms with van der Waals surface area (Å²) in [5.41, 5.74) is 2.66. The van der Waals surface area contributed by atoms with Gasteiger partial charge in [0.15, 0.2) is 5.96 Å². The van der Waals surface area contributed by atoms with Crippen molar-refractivity contribution in [2.75, 3.05) is 52.5 Å². The molecule has 0 spiro atoms. The molecule has 1 saturated heterocycles. The maximum Gasteiger partial charge on any atom is 0.191 e. The zero-order chi connectivity index (χ0) is 20.2. The first-order valence-electron chi connectivity index (χ1n) is 10.8. The fourth-order valence-corrected chi connectivity index (χ4v) is 3.47. The standard InChI is InChI=1S/C22H39N5O.HI/c1-5-23-22(24-11-12-27(6-2)19(3)4)25-17-20-9-7-8-10-21(20)18-26-13-15-28-16-14-26;/h7-10,19H,5-6,11-18H2,1-4H3,(H2,23,24,25);1H. The first-order valence-corrected chi connectivity index (χ1v) is 10.8. The van der Waals surface area contributed by atoms with Crippen LogP contribution in [0, 0.1) is 0 Å². The number of nitrogens with zero attached hydrogens (tertiary/aromatic N) is 3. The molecule has 0 bridgehead atoms. The van der Waals surface area contributed by atoms with Gasteiger partial charge in [-0.05, 0) is 38.4 Å². The Morgan fingerprint density at radius 3 is 2.45 bits per heavy atom. The molecule has 1 aromatic carbocycles. The number of halogens is 1. The Bertz CT molecular complexity index is 590. The van der Waals surface area contributed by atoms with Crippen molar-refractivity contribution in [1.82, 2.24) is 20.4 Å². The number of benzene rings is 1. The lowest BCUT2D eigenvalue weighted by Crippen LogP contribution is -2.43. The molecule has 0 aromatic heterocycles. The molecule has 2 N–H and O–H groups in total. The number of likely N-dealkylation sites (N-methyl/N-ethyl adjacent to an activating group) is 1. The number of ether oxygens (including phenoxy) is 1. The van der Waals surface area contributed by atoms with Crippen LogP contribution in [0.2, 0.25) is 0 Å². The second kappa shape index (κ2) is 15.0. The number of rotatable bonds is 10. The van der Waals surface area contributed by atoms with E-state index in [2.05, 4.69) is 72.4 Å². The Balaban J connectivity index is 0.00000420. The molecule has 0 atom stereocenters. The summed E-state index contributed by atoms with van der Waals surface area (Å²) in [5, 5.41) is 6.85. The predicted octanol–water partition coefficient (Wildman–Crippen LogP) is 2.92. The molecule has 1 aliphatic heterocycles. The predicted molar refractivity (Wildman–Crippen MR) is 133 cm³/mol. The number of morpholine rings is 1. The fraction of sp³-hybridized carbons (Fsp3) is 0.682.